The maximum Gasteiger partial charge on any atom is 0.194 e. The number of hydrogen-bond donors (Lipinski definition) is 0. The predicted molar refractivity (Wildman–Crippen MR) is 86.7 cm³/mol. The van der Waals surface area contributed by atoms with E-state index in [1.54, 1.807) is 42.5 Å². The van der Waals surface area contributed by atoms with Gasteiger partial charge >= 0.3 is 0 Å². The van der Waals surface area contributed by atoms with Crippen molar-refractivity contribution in [1.82, 2.24) is 0 Å². The van der Waals surface area contributed by atoms with Gasteiger partial charge in [-0.05, 0) is 42.8 Å². The van der Waals surface area contributed by atoms with Gasteiger partial charge < -0.3 is 4.74 Å². The maximum absolute atomic E-state index is 12.4. The van der Waals surface area contributed by atoms with Crippen LogP contribution in [0.4, 0.5) is 0 Å². The first-order valence-corrected chi connectivity index (χ1v) is 7.60. The van der Waals surface area contributed by atoms with Gasteiger partial charge in [-0.15, -0.1) is 0 Å². The number of hydrogen-bond acceptors (Lipinski definition) is 2. The van der Waals surface area contributed by atoms with Gasteiger partial charge in [0, 0.05) is 11.1 Å². The number of rotatable bonds is 6. The smallest absolute Gasteiger partial charge is 0.194 e. The molecule has 0 saturated carbocycles. The first-order chi connectivity index (χ1) is 10.1. The molecule has 0 saturated heterocycles. The molecule has 2 rings (SSSR count). The quantitative estimate of drug-likeness (QED) is 0.525. The summed E-state index contributed by atoms with van der Waals surface area (Å²) in [7, 11) is 0. The third kappa shape index (κ3) is 3.99. The number of carbonyl (C=O) groups is 1. The van der Waals surface area contributed by atoms with Crippen molar-refractivity contribution >= 4 is 29.0 Å². The van der Waals surface area contributed by atoms with E-state index < -0.39 is 0 Å². The van der Waals surface area contributed by atoms with E-state index in [9.17, 15) is 4.79 Å². The molecule has 0 N–H and O–H groups in total. The van der Waals surface area contributed by atoms with Crippen LogP contribution in [0.2, 0.25) is 10.0 Å². The molecule has 0 aliphatic rings. The summed E-state index contributed by atoms with van der Waals surface area (Å²) < 4.78 is 5.57. The Hall–Kier alpha value is -1.51. The summed E-state index contributed by atoms with van der Waals surface area (Å²) in [5.74, 6) is 0.611. The van der Waals surface area contributed by atoms with Crippen LogP contribution in [0.5, 0.6) is 5.75 Å². The molecule has 0 bridgehead atoms. The van der Waals surface area contributed by atoms with Gasteiger partial charge in [-0.1, -0.05) is 42.6 Å². The zero-order valence-corrected chi connectivity index (χ0v) is 13.2. The SMILES string of the molecule is CCCCOc1ccc(C(=O)c2cccc(Cl)c2Cl)cc1. The molecule has 2 nitrogen and oxygen atoms in total. The molecule has 0 amide bonds. The Balaban J connectivity index is 2.14. The van der Waals surface area contributed by atoms with Crippen molar-refractivity contribution in [2.24, 2.45) is 0 Å². The van der Waals surface area contributed by atoms with Crippen molar-refractivity contribution in [2.45, 2.75) is 19.8 Å². The number of unbranched alkanes of at least 4 members (excludes halogenated alkanes) is 1. The first kappa shape index (κ1) is 15.9. The third-order valence-electron chi connectivity index (χ3n) is 3.08. The van der Waals surface area contributed by atoms with E-state index in [2.05, 4.69) is 6.92 Å². The van der Waals surface area contributed by atoms with E-state index in [1.165, 1.54) is 0 Å². The molecule has 110 valence electrons. The Bertz CT molecular complexity index is 621. The highest BCUT2D eigenvalue weighted by atomic mass is 35.5. The molecule has 0 fully saturated rings. The Morgan fingerprint density at radius 3 is 2.48 bits per heavy atom. The fourth-order valence-electron chi connectivity index (χ4n) is 1.87. The van der Waals surface area contributed by atoms with E-state index >= 15 is 0 Å². The normalized spacial score (nSPS) is 10.4. The molecular weight excluding hydrogens is 307 g/mol. The molecule has 0 aromatic heterocycles. The molecule has 21 heavy (non-hydrogen) atoms. The molecular formula is C17H16Cl2O2. The molecule has 0 atom stereocenters. The van der Waals surface area contributed by atoms with Gasteiger partial charge in [0.2, 0.25) is 0 Å². The van der Waals surface area contributed by atoms with E-state index in [0.717, 1.165) is 18.6 Å². The number of halogens is 2. The molecule has 0 aliphatic carbocycles. The van der Waals surface area contributed by atoms with Crippen LogP contribution in [0.15, 0.2) is 42.5 Å². The standard InChI is InChI=1S/C17H16Cl2O2/c1-2-3-11-21-13-9-7-12(8-10-13)17(20)14-5-4-6-15(18)16(14)19/h4-10H,2-3,11H2,1H3. The van der Waals surface area contributed by atoms with Gasteiger partial charge in [0.15, 0.2) is 5.78 Å². The van der Waals surface area contributed by atoms with Crippen LogP contribution in [0.3, 0.4) is 0 Å². The van der Waals surface area contributed by atoms with Crippen molar-refractivity contribution in [3.63, 3.8) is 0 Å². The van der Waals surface area contributed by atoms with Crippen LogP contribution in [0, 0.1) is 0 Å². The second kappa shape index (κ2) is 7.48. The van der Waals surface area contributed by atoms with Crippen LogP contribution in [-0.4, -0.2) is 12.4 Å². The summed E-state index contributed by atoms with van der Waals surface area (Å²) in [6.45, 7) is 2.80. The highest BCUT2D eigenvalue weighted by Crippen LogP contribution is 2.27. The second-order valence-electron chi connectivity index (χ2n) is 4.66. The van der Waals surface area contributed by atoms with Crippen molar-refractivity contribution in [3.05, 3.63) is 63.6 Å². The summed E-state index contributed by atoms with van der Waals surface area (Å²) in [6.07, 6.45) is 2.10. The summed E-state index contributed by atoms with van der Waals surface area (Å²) in [4.78, 5) is 12.4. The summed E-state index contributed by atoms with van der Waals surface area (Å²) in [6, 6.07) is 12.1. The average Bonchev–Trinajstić information content (AvgIpc) is 2.50. The lowest BCUT2D eigenvalue weighted by molar-refractivity contribution is 0.103. The van der Waals surface area contributed by atoms with Crippen LogP contribution in [-0.2, 0) is 0 Å². The fourth-order valence-corrected chi connectivity index (χ4v) is 2.26. The summed E-state index contributed by atoms with van der Waals surface area (Å²) in [5, 5.41) is 0.662. The van der Waals surface area contributed by atoms with Gasteiger partial charge in [-0.25, -0.2) is 0 Å². The largest absolute Gasteiger partial charge is 0.494 e. The number of benzene rings is 2. The predicted octanol–water partition coefficient (Wildman–Crippen LogP) is 5.40. The summed E-state index contributed by atoms with van der Waals surface area (Å²) >= 11 is 12.0. The number of ketones is 1. The van der Waals surface area contributed by atoms with Crippen molar-refractivity contribution < 1.29 is 9.53 Å². The van der Waals surface area contributed by atoms with Crippen LogP contribution in [0.1, 0.15) is 35.7 Å². The van der Waals surface area contributed by atoms with Gasteiger partial charge in [0.1, 0.15) is 5.75 Å². The van der Waals surface area contributed by atoms with Gasteiger partial charge in [-0.2, -0.15) is 0 Å². The topological polar surface area (TPSA) is 26.3 Å². The van der Waals surface area contributed by atoms with E-state index in [-0.39, 0.29) is 10.8 Å². The van der Waals surface area contributed by atoms with Gasteiger partial charge in [-0.3, -0.25) is 4.79 Å². The van der Waals surface area contributed by atoms with Gasteiger partial charge in [0.25, 0.3) is 0 Å². The maximum atomic E-state index is 12.4. The lowest BCUT2D eigenvalue weighted by atomic mass is 10.0. The van der Waals surface area contributed by atoms with Gasteiger partial charge in [0.05, 0.1) is 16.7 Å². The number of ether oxygens (including phenoxy) is 1. The Kier molecular flexibility index (Phi) is 5.66. The monoisotopic (exact) mass is 322 g/mol. The second-order valence-corrected chi connectivity index (χ2v) is 5.44. The minimum atomic E-state index is -0.150. The van der Waals surface area contributed by atoms with E-state index in [4.69, 9.17) is 27.9 Å². The van der Waals surface area contributed by atoms with Crippen molar-refractivity contribution in [1.29, 1.82) is 0 Å². The first-order valence-electron chi connectivity index (χ1n) is 6.85. The van der Waals surface area contributed by atoms with Crippen LogP contribution in [0.25, 0.3) is 0 Å². The van der Waals surface area contributed by atoms with Crippen LogP contribution >= 0.6 is 23.2 Å². The minimum absolute atomic E-state index is 0.150. The highest BCUT2D eigenvalue weighted by Gasteiger charge is 2.14. The zero-order chi connectivity index (χ0) is 15.2. The Labute approximate surface area is 134 Å². The lowest BCUT2D eigenvalue weighted by Gasteiger charge is -2.07. The van der Waals surface area contributed by atoms with E-state index in [1.807, 2.05) is 0 Å². The fraction of sp³-hybridized carbons (Fsp3) is 0.235. The summed E-state index contributed by atoms with van der Waals surface area (Å²) in [5.41, 5.74) is 0.964. The zero-order valence-electron chi connectivity index (χ0n) is 11.7. The van der Waals surface area contributed by atoms with Crippen molar-refractivity contribution in [2.75, 3.05) is 6.61 Å². The molecule has 0 unspecified atom stereocenters. The molecule has 0 radical (unpaired) electrons. The number of carbonyl (C=O) groups excluding carboxylic acids is 1. The van der Waals surface area contributed by atoms with E-state index in [0.29, 0.717) is 22.8 Å². The molecule has 4 heteroatoms. The minimum Gasteiger partial charge on any atom is -0.494 e. The lowest BCUT2D eigenvalue weighted by Crippen LogP contribution is -2.03. The molecule has 2 aromatic rings. The highest BCUT2D eigenvalue weighted by molar-refractivity contribution is 6.44. The third-order valence-corrected chi connectivity index (χ3v) is 3.90. The Morgan fingerprint density at radius 2 is 1.81 bits per heavy atom. The molecule has 0 heterocycles. The Morgan fingerprint density at radius 1 is 1.10 bits per heavy atom. The molecule has 0 aliphatic heterocycles. The molecule has 2 aromatic carbocycles. The van der Waals surface area contributed by atoms with Crippen molar-refractivity contribution in [3.8, 4) is 5.75 Å². The van der Waals surface area contributed by atoms with Crippen LogP contribution < -0.4 is 4.74 Å². The molecule has 0 spiro atoms. The average molecular weight is 323 g/mol.